The summed E-state index contributed by atoms with van der Waals surface area (Å²) in [6.07, 6.45) is 1.01. The van der Waals surface area contributed by atoms with Crippen molar-refractivity contribution < 1.29 is 9.53 Å². The summed E-state index contributed by atoms with van der Waals surface area (Å²) in [6, 6.07) is 1.92. The number of anilines is 1. The molecule has 0 aromatic carbocycles. The number of carbonyl (C=O) groups is 1. The van der Waals surface area contributed by atoms with Gasteiger partial charge in [0.1, 0.15) is 17.4 Å². The lowest BCUT2D eigenvalue weighted by Gasteiger charge is -2.19. The molecule has 0 bridgehead atoms. The molecule has 17 heavy (non-hydrogen) atoms. The van der Waals surface area contributed by atoms with Crippen LogP contribution in [-0.2, 0) is 11.3 Å². The van der Waals surface area contributed by atoms with Crippen LogP contribution < -0.4 is 5.32 Å². The molecule has 6 heteroatoms. The number of ether oxygens (including phenoxy) is 1. The smallest absolute Gasteiger partial charge is 0.412 e. The Morgan fingerprint density at radius 2 is 2.29 bits per heavy atom. The van der Waals surface area contributed by atoms with E-state index < -0.39 is 11.7 Å². The third-order valence-electron chi connectivity index (χ3n) is 1.83. The molecule has 6 nitrogen and oxygen atoms in total. The lowest BCUT2D eigenvalue weighted by Crippen LogP contribution is -2.27. The van der Waals surface area contributed by atoms with Crippen LogP contribution in [-0.4, -0.2) is 21.5 Å². The van der Waals surface area contributed by atoms with E-state index in [4.69, 9.17) is 10.00 Å². The van der Waals surface area contributed by atoms with Crippen molar-refractivity contribution in [2.24, 2.45) is 0 Å². The van der Waals surface area contributed by atoms with Gasteiger partial charge in [-0.15, -0.1) is 0 Å². The zero-order chi connectivity index (χ0) is 13.1. The van der Waals surface area contributed by atoms with Gasteiger partial charge >= 0.3 is 6.09 Å². The molecule has 0 aliphatic heterocycles. The second kappa shape index (κ2) is 4.87. The number of amides is 1. The van der Waals surface area contributed by atoms with Crippen molar-refractivity contribution >= 4 is 11.8 Å². The standard InChI is InChI=1S/C11H16N4O2/c1-5-15-7-9(8(6-12)14-15)13-10(16)17-11(2,3)4/h7H,5H2,1-4H3,(H,13,16). The Morgan fingerprint density at radius 1 is 1.65 bits per heavy atom. The van der Waals surface area contributed by atoms with Gasteiger partial charge in [-0.3, -0.25) is 10.00 Å². The molecule has 1 aromatic heterocycles. The maximum atomic E-state index is 11.5. The number of carbonyl (C=O) groups excluding carboxylic acids is 1. The van der Waals surface area contributed by atoms with Crippen molar-refractivity contribution in [2.45, 2.75) is 39.8 Å². The van der Waals surface area contributed by atoms with Gasteiger partial charge in [0, 0.05) is 6.54 Å². The predicted molar refractivity (Wildman–Crippen MR) is 62.5 cm³/mol. The number of nitrogens with one attached hydrogen (secondary N) is 1. The highest BCUT2D eigenvalue weighted by Gasteiger charge is 2.18. The van der Waals surface area contributed by atoms with Crippen LogP contribution in [0, 0.1) is 11.3 Å². The van der Waals surface area contributed by atoms with Gasteiger partial charge in [0.15, 0.2) is 5.69 Å². The van der Waals surface area contributed by atoms with Gasteiger partial charge in [0.2, 0.25) is 0 Å². The SMILES string of the molecule is CCn1cc(NC(=O)OC(C)(C)C)c(C#N)n1. The minimum absolute atomic E-state index is 0.178. The summed E-state index contributed by atoms with van der Waals surface area (Å²) in [6.45, 7) is 7.84. The number of nitrogens with zero attached hydrogens (tertiary/aromatic N) is 3. The van der Waals surface area contributed by atoms with E-state index in [9.17, 15) is 4.79 Å². The number of hydrogen-bond donors (Lipinski definition) is 1. The second-order valence-electron chi connectivity index (χ2n) is 4.49. The molecule has 1 rings (SSSR count). The molecule has 92 valence electrons. The Labute approximate surface area is 100 Å². The third-order valence-corrected chi connectivity index (χ3v) is 1.83. The fraction of sp³-hybridized carbons (Fsp3) is 0.545. The Bertz CT molecular complexity index is 451. The highest BCUT2D eigenvalue weighted by atomic mass is 16.6. The average molecular weight is 236 g/mol. The van der Waals surface area contributed by atoms with Gasteiger partial charge in [-0.2, -0.15) is 10.4 Å². The van der Waals surface area contributed by atoms with E-state index in [2.05, 4.69) is 10.4 Å². The first-order valence-corrected chi connectivity index (χ1v) is 5.33. The Kier molecular flexibility index (Phi) is 3.73. The molecule has 1 N–H and O–H groups in total. The number of aromatic nitrogens is 2. The van der Waals surface area contributed by atoms with Crippen LogP contribution in [0.25, 0.3) is 0 Å². The van der Waals surface area contributed by atoms with Crippen molar-refractivity contribution in [2.75, 3.05) is 5.32 Å². The zero-order valence-electron chi connectivity index (χ0n) is 10.4. The normalized spacial score (nSPS) is 10.8. The van der Waals surface area contributed by atoms with E-state index in [0.717, 1.165) is 0 Å². The van der Waals surface area contributed by atoms with Crippen molar-refractivity contribution in [3.8, 4) is 6.07 Å². The molecule has 1 amide bonds. The summed E-state index contributed by atoms with van der Waals surface area (Å²) >= 11 is 0. The monoisotopic (exact) mass is 236 g/mol. The first kappa shape index (κ1) is 13.0. The summed E-state index contributed by atoms with van der Waals surface area (Å²) in [5, 5.41) is 15.3. The van der Waals surface area contributed by atoms with Gasteiger partial charge in [0.05, 0.1) is 6.20 Å². The lowest BCUT2D eigenvalue weighted by molar-refractivity contribution is 0.0636. The highest BCUT2D eigenvalue weighted by molar-refractivity contribution is 5.86. The maximum Gasteiger partial charge on any atom is 0.412 e. The number of nitriles is 1. The minimum Gasteiger partial charge on any atom is -0.444 e. The second-order valence-corrected chi connectivity index (χ2v) is 4.49. The van der Waals surface area contributed by atoms with Crippen LogP contribution in [0.1, 0.15) is 33.4 Å². The Hall–Kier alpha value is -2.03. The van der Waals surface area contributed by atoms with Crippen LogP contribution >= 0.6 is 0 Å². The molecule has 0 radical (unpaired) electrons. The van der Waals surface area contributed by atoms with Crippen LogP contribution in [0.3, 0.4) is 0 Å². The predicted octanol–water partition coefficient (Wildman–Crippen LogP) is 2.12. The summed E-state index contributed by atoms with van der Waals surface area (Å²) in [4.78, 5) is 11.5. The van der Waals surface area contributed by atoms with Crippen LogP contribution in [0.2, 0.25) is 0 Å². The molecule has 0 fully saturated rings. The van der Waals surface area contributed by atoms with Crippen LogP contribution in [0.4, 0.5) is 10.5 Å². The maximum absolute atomic E-state index is 11.5. The zero-order valence-corrected chi connectivity index (χ0v) is 10.4. The Balaban J connectivity index is 2.78. The molecule has 1 aromatic rings. The molecule has 0 spiro atoms. The molecule has 0 aliphatic rings. The van der Waals surface area contributed by atoms with E-state index in [-0.39, 0.29) is 5.69 Å². The van der Waals surface area contributed by atoms with Crippen LogP contribution in [0.15, 0.2) is 6.20 Å². The molecule has 0 unspecified atom stereocenters. The third kappa shape index (κ3) is 3.79. The lowest BCUT2D eigenvalue weighted by atomic mass is 10.2. The van der Waals surface area contributed by atoms with Gasteiger partial charge in [-0.25, -0.2) is 4.79 Å². The van der Waals surface area contributed by atoms with Gasteiger partial charge < -0.3 is 4.74 Å². The molecular weight excluding hydrogens is 220 g/mol. The molecule has 0 aliphatic carbocycles. The van der Waals surface area contributed by atoms with E-state index in [1.165, 1.54) is 0 Å². The number of hydrogen-bond acceptors (Lipinski definition) is 4. The summed E-state index contributed by atoms with van der Waals surface area (Å²) in [5.41, 5.74) is -0.0289. The number of aryl methyl sites for hydroxylation is 1. The molecule has 1 heterocycles. The van der Waals surface area contributed by atoms with Gasteiger partial charge in [0.25, 0.3) is 0 Å². The highest BCUT2D eigenvalue weighted by Crippen LogP contribution is 2.15. The van der Waals surface area contributed by atoms with E-state index in [1.807, 2.05) is 13.0 Å². The summed E-state index contributed by atoms with van der Waals surface area (Å²) in [7, 11) is 0. The quantitative estimate of drug-likeness (QED) is 0.852. The topological polar surface area (TPSA) is 79.9 Å². The average Bonchev–Trinajstić information content (AvgIpc) is 2.57. The molecule has 0 saturated heterocycles. The van der Waals surface area contributed by atoms with E-state index in [0.29, 0.717) is 12.2 Å². The largest absolute Gasteiger partial charge is 0.444 e. The van der Waals surface area contributed by atoms with E-state index >= 15 is 0 Å². The van der Waals surface area contributed by atoms with Gasteiger partial charge in [-0.05, 0) is 27.7 Å². The van der Waals surface area contributed by atoms with Crippen molar-refractivity contribution in [1.82, 2.24) is 9.78 Å². The first-order chi connectivity index (χ1) is 7.85. The number of rotatable bonds is 2. The fourth-order valence-corrected chi connectivity index (χ4v) is 1.17. The molecular formula is C11H16N4O2. The van der Waals surface area contributed by atoms with Crippen molar-refractivity contribution in [3.05, 3.63) is 11.9 Å². The minimum atomic E-state index is -0.593. The van der Waals surface area contributed by atoms with Gasteiger partial charge in [-0.1, -0.05) is 0 Å². The molecule has 0 saturated carbocycles. The van der Waals surface area contributed by atoms with Crippen molar-refractivity contribution in [3.63, 3.8) is 0 Å². The Morgan fingerprint density at radius 3 is 2.76 bits per heavy atom. The van der Waals surface area contributed by atoms with Crippen molar-refractivity contribution in [1.29, 1.82) is 5.26 Å². The summed E-state index contributed by atoms with van der Waals surface area (Å²) < 4.78 is 6.66. The molecule has 0 atom stereocenters. The van der Waals surface area contributed by atoms with E-state index in [1.54, 1.807) is 31.6 Å². The van der Waals surface area contributed by atoms with Crippen LogP contribution in [0.5, 0.6) is 0 Å². The fourth-order valence-electron chi connectivity index (χ4n) is 1.17. The summed E-state index contributed by atoms with van der Waals surface area (Å²) in [5.74, 6) is 0. The first-order valence-electron chi connectivity index (χ1n) is 5.33.